The number of aliphatic hydroxyl groups is 3. The molecule has 1 aliphatic rings. The molecule has 11 N–H and O–H groups in total. The maximum absolute atomic E-state index is 13.5. The lowest BCUT2D eigenvalue weighted by atomic mass is 9.84. The Kier molecular flexibility index (Phi) is 12.0. The number of aliphatic hydroxyl groups excluding tert-OH is 3. The second-order valence-corrected chi connectivity index (χ2v) is 14.4. The fraction of sp³-hybridized carbons (Fsp3) is 0.333. The van der Waals surface area contributed by atoms with Crippen molar-refractivity contribution in [3.8, 4) is 5.75 Å². The average Bonchev–Trinajstić information content (AvgIpc) is 3.47. The Morgan fingerprint density at radius 1 is 1.06 bits per heavy atom. The molecule has 15 nitrogen and oxygen atoms in total. The summed E-state index contributed by atoms with van der Waals surface area (Å²) in [5.74, 6) is -1.89. The van der Waals surface area contributed by atoms with Crippen LogP contribution in [0.4, 0.5) is 5.69 Å². The van der Waals surface area contributed by atoms with Crippen molar-refractivity contribution in [3.63, 3.8) is 0 Å². The number of aromatic amines is 1. The summed E-state index contributed by atoms with van der Waals surface area (Å²) in [4.78, 5) is 45.6. The van der Waals surface area contributed by atoms with Gasteiger partial charge in [-0.1, -0.05) is 61.0 Å². The number of H-pyrrole nitrogens is 1. The summed E-state index contributed by atoms with van der Waals surface area (Å²) in [6.45, 7) is 5.95. The van der Waals surface area contributed by atoms with Gasteiger partial charge in [0, 0.05) is 44.8 Å². The Balaban J connectivity index is 1.39. The number of carboxylic acid groups (broad SMARTS) is 1. The molecule has 1 amide bonds. The summed E-state index contributed by atoms with van der Waals surface area (Å²) in [6.07, 6.45) is -3.13. The van der Waals surface area contributed by atoms with Crippen LogP contribution < -0.4 is 26.6 Å². The predicted molar refractivity (Wildman–Crippen MR) is 198 cm³/mol. The molecular formula is C36H42BrN7O8. The summed E-state index contributed by atoms with van der Waals surface area (Å²) in [5, 5.41) is 67.3. The number of aldehydes is 1. The van der Waals surface area contributed by atoms with E-state index in [9.17, 15) is 39.9 Å². The number of halogens is 1. The number of rotatable bonds is 13. The van der Waals surface area contributed by atoms with E-state index in [-0.39, 0.29) is 41.1 Å². The summed E-state index contributed by atoms with van der Waals surface area (Å²) in [6, 6.07) is 13.6. The van der Waals surface area contributed by atoms with Crippen molar-refractivity contribution >= 4 is 56.6 Å². The second-order valence-electron chi connectivity index (χ2n) is 13.5. The second kappa shape index (κ2) is 16.2. The predicted octanol–water partition coefficient (Wildman–Crippen LogP) is 2.65. The largest absolute Gasteiger partial charge is 0.508 e. The van der Waals surface area contributed by atoms with E-state index in [1.807, 2.05) is 26.8 Å². The number of para-hydroxylation sites is 1. The maximum Gasteiger partial charge on any atom is 0.323 e. The van der Waals surface area contributed by atoms with Gasteiger partial charge in [-0.3, -0.25) is 30.0 Å². The van der Waals surface area contributed by atoms with E-state index in [4.69, 9.17) is 0 Å². The standard InChI is InChI=1S/C36H42BrN7O8/c1-36(2,3)20-8-18(9-21(37)12-20)29(31(34(51)52)44-33(50)30-26(17-45)25-6-4-5-7-27(25)42-30)43-28(48)16-38-32(49)19-10-22(13-23(46)11-19)41-35-39-14-24(47)15-40-35/h4-13,17,24,29,31-33,38,42,44,46-47,49-50H,14-16H2,1-3H3,(H,43,48)(H,51,52)(H2,39,40,41). The van der Waals surface area contributed by atoms with Crippen LogP contribution in [0.2, 0.25) is 0 Å². The third kappa shape index (κ3) is 9.33. The molecule has 3 aromatic carbocycles. The highest BCUT2D eigenvalue weighted by Crippen LogP contribution is 2.32. The Hall–Kier alpha value is -4.84. The number of phenols is 1. The molecule has 1 aromatic heterocycles. The number of phenolic OH excluding ortho intramolecular Hbond substituents is 1. The lowest BCUT2D eigenvalue weighted by molar-refractivity contribution is -0.142. The van der Waals surface area contributed by atoms with Crippen LogP contribution in [0.1, 0.15) is 72.0 Å². The van der Waals surface area contributed by atoms with Gasteiger partial charge in [0.1, 0.15) is 24.2 Å². The molecule has 2 heterocycles. The molecule has 0 bridgehead atoms. The van der Waals surface area contributed by atoms with E-state index in [1.54, 1.807) is 36.4 Å². The topological polar surface area (TPSA) is 241 Å². The minimum absolute atomic E-state index is 0.0610. The zero-order chi connectivity index (χ0) is 37.7. The normalized spacial score (nSPS) is 17.0. The number of carbonyl (C=O) groups is 3. The number of benzene rings is 3. The number of fused-ring (bicyclic) bond motifs is 1. The molecule has 0 fully saturated rings. The smallest absolute Gasteiger partial charge is 0.323 e. The SMILES string of the molecule is CC(C)(C)c1cc(Br)cc(C(NC(=O)CNC(O)c2cc(O)cc(NC3=NCC(O)CN3)c2)C(NC(O)c2[nH]c3ccccc3c2C=O)C(=O)O)c1. The van der Waals surface area contributed by atoms with Crippen molar-refractivity contribution in [1.82, 2.24) is 26.3 Å². The lowest BCUT2D eigenvalue weighted by Gasteiger charge is -2.30. The van der Waals surface area contributed by atoms with Crippen LogP contribution in [0.3, 0.4) is 0 Å². The van der Waals surface area contributed by atoms with E-state index < -0.39 is 49.1 Å². The number of aromatic nitrogens is 1. The summed E-state index contributed by atoms with van der Waals surface area (Å²) < 4.78 is 0.630. The minimum Gasteiger partial charge on any atom is -0.508 e. The molecule has 52 heavy (non-hydrogen) atoms. The van der Waals surface area contributed by atoms with E-state index in [0.29, 0.717) is 38.9 Å². The first-order chi connectivity index (χ1) is 24.6. The highest BCUT2D eigenvalue weighted by molar-refractivity contribution is 9.10. The summed E-state index contributed by atoms with van der Waals surface area (Å²) in [5.41, 5.74) is 2.27. The van der Waals surface area contributed by atoms with Crippen LogP contribution in [0.5, 0.6) is 5.75 Å². The Labute approximate surface area is 307 Å². The van der Waals surface area contributed by atoms with Crippen molar-refractivity contribution in [3.05, 3.63) is 93.1 Å². The molecule has 0 spiro atoms. The highest BCUT2D eigenvalue weighted by atomic mass is 79.9. The van der Waals surface area contributed by atoms with Crippen molar-refractivity contribution in [2.75, 3.05) is 25.0 Å². The van der Waals surface area contributed by atoms with Crippen LogP contribution in [0.25, 0.3) is 10.9 Å². The van der Waals surface area contributed by atoms with E-state index in [1.165, 1.54) is 18.2 Å². The van der Waals surface area contributed by atoms with Gasteiger partial charge in [-0.2, -0.15) is 0 Å². The fourth-order valence-corrected chi connectivity index (χ4v) is 6.33. The molecule has 5 atom stereocenters. The number of guanidine groups is 1. The molecule has 1 aliphatic heterocycles. The molecule has 5 rings (SSSR count). The van der Waals surface area contributed by atoms with Crippen LogP contribution >= 0.6 is 15.9 Å². The number of aliphatic imine (C=N–C) groups is 1. The molecule has 0 radical (unpaired) electrons. The van der Waals surface area contributed by atoms with Gasteiger partial charge in [0.15, 0.2) is 12.2 Å². The first-order valence-electron chi connectivity index (χ1n) is 16.4. The molecule has 0 saturated heterocycles. The van der Waals surface area contributed by atoms with E-state index in [2.05, 4.69) is 52.5 Å². The lowest BCUT2D eigenvalue weighted by Crippen LogP contribution is -2.51. The van der Waals surface area contributed by atoms with Gasteiger partial charge in [-0.15, -0.1) is 0 Å². The fourth-order valence-electron chi connectivity index (χ4n) is 5.82. The van der Waals surface area contributed by atoms with Crippen molar-refractivity contribution < 1.29 is 39.9 Å². The summed E-state index contributed by atoms with van der Waals surface area (Å²) in [7, 11) is 0. The van der Waals surface area contributed by atoms with Gasteiger partial charge in [-0.25, -0.2) is 0 Å². The number of β-amino-alcohol motifs (C(OH)–C–C–N with tert-alkyl or cyclic N) is 1. The number of anilines is 1. The molecule has 16 heteroatoms. The zero-order valence-corrected chi connectivity index (χ0v) is 30.2. The Morgan fingerprint density at radius 2 is 1.81 bits per heavy atom. The van der Waals surface area contributed by atoms with Crippen LogP contribution in [0, 0.1) is 0 Å². The minimum atomic E-state index is -1.66. The molecule has 5 unspecified atom stereocenters. The maximum atomic E-state index is 13.5. The molecule has 4 aromatic rings. The van der Waals surface area contributed by atoms with Crippen molar-refractivity contribution in [2.45, 2.75) is 56.8 Å². The van der Waals surface area contributed by atoms with Crippen molar-refractivity contribution in [2.24, 2.45) is 4.99 Å². The first kappa shape index (κ1) is 38.4. The van der Waals surface area contributed by atoms with Gasteiger partial charge >= 0.3 is 5.97 Å². The number of carbonyl (C=O) groups excluding carboxylic acids is 2. The molecule has 276 valence electrons. The van der Waals surface area contributed by atoms with Crippen LogP contribution in [-0.4, -0.2) is 86.4 Å². The van der Waals surface area contributed by atoms with Gasteiger partial charge < -0.3 is 46.5 Å². The number of aromatic hydroxyl groups is 1. The Morgan fingerprint density at radius 3 is 2.48 bits per heavy atom. The molecule has 0 saturated carbocycles. The van der Waals surface area contributed by atoms with E-state index >= 15 is 0 Å². The highest BCUT2D eigenvalue weighted by Gasteiger charge is 2.35. The third-order valence-electron chi connectivity index (χ3n) is 8.51. The third-order valence-corrected chi connectivity index (χ3v) is 8.96. The van der Waals surface area contributed by atoms with Crippen molar-refractivity contribution in [1.29, 1.82) is 0 Å². The Bertz CT molecular complexity index is 1980. The zero-order valence-electron chi connectivity index (χ0n) is 28.6. The monoisotopic (exact) mass is 779 g/mol. The quantitative estimate of drug-likeness (QED) is 0.0694. The average molecular weight is 781 g/mol. The number of carboxylic acids is 1. The number of hydrogen-bond donors (Lipinski definition) is 11. The van der Waals surface area contributed by atoms with E-state index in [0.717, 1.165) is 5.56 Å². The van der Waals surface area contributed by atoms with Crippen LogP contribution in [-0.2, 0) is 15.0 Å². The number of hydrogen-bond acceptors (Lipinski definition) is 12. The summed E-state index contributed by atoms with van der Waals surface area (Å²) >= 11 is 3.51. The van der Waals surface area contributed by atoms with Gasteiger partial charge in [0.2, 0.25) is 5.91 Å². The number of amides is 1. The van der Waals surface area contributed by atoms with Gasteiger partial charge in [-0.05, 0) is 46.9 Å². The number of nitrogens with one attached hydrogen (secondary N) is 6. The molecule has 0 aliphatic carbocycles. The number of nitrogens with zero attached hydrogens (tertiary/aromatic N) is 1. The number of aliphatic carboxylic acids is 1. The first-order valence-corrected chi connectivity index (χ1v) is 17.2. The van der Waals surface area contributed by atoms with Gasteiger partial charge in [0.25, 0.3) is 0 Å². The van der Waals surface area contributed by atoms with Gasteiger partial charge in [0.05, 0.1) is 30.9 Å². The van der Waals surface area contributed by atoms with Crippen LogP contribution in [0.15, 0.2) is 70.1 Å². The molecular weight excluding hydrogens is 738 g/mol.